The summed E-state index contributed by atoms with van der Waals surface area (Å²) in [6, 6.07) is 6.61. The Balaban J connectivity index is 1.89. The van der Waals surface area contributed by atoms with E-state index in [-0.39, 0.29) is 17.5 Å². The molecular formula is C17H19N5O3. The Morgan fingerprint density at radius 1 is 1.20 bits per heavy atom. The first-order chi connectivity index (χ1) is 11.9. The highest BCUT2D eigenvalue weighted by atomic mass is 16.5. The second kappa shape index (κ2) is 6.46. The van der Waals surface area contributed by atoms with Crippen LogP contribution in [-0.2, 0) is 7.05 Å². The number of rotatable bonds is 4. The van der Waals surface area contributed by atoms with Gasteiger partial charge in [0, 0.05) is 13.0 Å². The van der Waals surface area contributed by atoms with Crippen molar-refractivity contribution in [3.8, 4) is 0 Å². The summed E-state index contributed by atoms with van der Waals surface area (Å²) < 4.78 is 6.58. The third kappa shape index (κ3) is 3.15. The van der Waals surface area contributed by atoms with Gasteiger partial charge in [-0.3, -0.25) is 9.59 Å². The minimum Gasteiger partial charge on any atom is -0.339 e. The Morgan fingerprint density at radius 2 is 1.92 bits per heavy atom. The van der Waals surface area contributed by atoms with Gasteiger partial charge >= 0.3 is 0 Å². The van der Waals surface area contributed by atoms with Gasteiger partial charge in [0.05, 0.1) is 11.0 Å². The molecule has 3 rings (SSSR count). The summed E-state index contributed by atoms with van der Waals surface area (Å²) in [6.45, 7) is 5.60. The maximum atomic E-state index is 12.5. The van der Waals surface area contributed by atoms with Crippen molar-refractivity contribution in [3.63, 3.8) is 0 Å². The van der Waals surface area contributed by atoms with Gasteiger partial charge in [-0.1, -0.05) is 31.1 Å². The molecule has 8 nitrogen and oxygen atoms in total. The van der Waals surface area contributed by atoms with Crippen LogP contribution in [0.1, 0.15) is 54.9 Å². The van der Waals surface area contributed by atoms with E-state index in [2.05, 4.69) is 20.4 Å². The number of hydrogen-bond donors (Lipinski definition) is 1. The SMILES string of the molecule is CC(C)c1noc([C@@H](C)NC(=O)c2nc3ccccc3n(C)c2=O)n1. The molecule has 0 unspecified atom stereocenters. The summed E-state index contributed by atoms with van der Waals surface area (Å²) >= 11 is 0. The third-order valence-corrected chi connectivity index (χ3v) is 3.89. The van der Waals surface area contributed by atoms with Crippen LogP contribution < -0.4 is 10.9 Å². The number of hydrogen-bond acceptors (Lipinski definition) is 6. The van der Waals surface area contributed by atoms with Crippen molar-refractivity contribution in [1.29, 1.82) is 0 Å². The number of aryl methyl sites for hydroxylation is 1. The molecule has 0 saturated carbocycles. The van der Waals surface area contributed by atoms with Gasteiger partial charge in [0.25, 0.3) is 11.5 Å². The van der Waals surface area contributed by atoms with Crippen LogP contribution in [0.15, 0.2) is 33.6 Å². The molecular weight excluding hydrogens is 322 g/mol. The number of nitrogens with zero attached hydrogens (tertiary/aromatic N) is 4. The van der Waals surface area contributed by atoms with Crippen molar-refractivity contribution in [1.82, 2.24) is 25.0 Å². The molecule has 8 heteroatoms. The second-order valence-electron chi connectivity index (χ2n) is 6.15. The van der Waals surface area contributed by atoms with E-state index in [0.717, 1.165) is 0 Å². The summed E-state index contributed by atoms with van der Waals surface area (Å²) in [5, 5.41) is 6.56. The molecule has 0 radical (unpaired) electrons. The molecule has 0 saturated heterocycles. The molecule has 0 spiro atoms. The first-order valence-corrected chi connectivity index (χ1v) is 7.98. The summed E-state index contributed by atoms with van der Waals surface area (Å²) in [6.07, 6.45) is 0. The smallest absolute Gasteiger partial charge is 0.282 e. The number of para-hydroxylation sites is 2. The first-order valence-electron chi connectivity index (χ1n) is 7.98. The van der Waals surface area contributed by atoms with Gasteiger partial charge in [0.1, 0.15) is 6.04 Å². The van der Waals surface area contributed by atoms with Crippen LogP contribution in [-0.4, -0.2) is 25.6 Å². The highest BCUT2D eigenvalue weighted by Gasteiger charge is 2.22. The molecule has 1 amide bonds. The minimum atomic E-state index is -0.580. The van der Waals surface area contributed by atoms with E-state index in [9.17, 15) is 9.59 Å². The number of nitrogens with one attached hydrogen (secondary N) is 1. The lowest BCUT2D eigenvalue weighted by atomic mass is 10.2. The Kier molecular flexibility index (Phi) is 4.35. The molecule has 1 aromatic carbocycles. The molecule has 1 N–H and O–H groups in total. The van der Waals surface area contributed by atoms with E-state index in [1.807, 2.05) is 19.9 Å². The fourth-order valence-corrected chi connectivity index (χ4v) is 2.41. The van der Waals surface area contributed by atoms with Gasteiger partial charge in [-0.05, 0) is 19.1 Å². The van der Waals surface area contributed by atoms with Crippen LogP contribution in [0.5, 0.6) is 0 Å². The van der Waals surface area contributed by atoms with Gasteiger partial charge in [-0.2, -0.15) is 4.98 Å². The minimum absolute atomic E-state index is 0.120. The summed E-state index contributed by atoms with van der Waals surface area (Å²) in [4.78, 5) is 33.4. The monoisotopic (exact) mass is 341 g/mol. The van der Waals surface area contributed by atoms with Gasteiger partial charge in [0.2, 0.25) is 5.89 Å². The van der Waals surface area contributed by atoms with Crippen LogP contribution in [0.25, 0.3) is 11.0 Å². The van der Waals surface area contributed by atoms with Crippen molar-refractivity contribution >= 4 is 16.9 Å². The van der Waals surface area contributed by atoms with Crippen molar-refractivity contribution < 1.29 is 9.32 Å². The largest absolute Gasteiger partial charge is 0.339 e. The fourth-order valence-electron chi connectivity index (χ4n) is 2.41. The third-order valence-electron chi connectivity index (χ3n) is 3.89. The molecule has 0 fully saturated rings. The summed E-state index contributed by atoms with van der Waals surface area (Å²) in [5.41, 5.74) is 0.603. The molecule has 0 aliphatic rings. The molecule has 130 valence electrons. The first kappa shape index (κ1) is 16.8. The van der Waals surface area contributed by atoms with Crippen LogP contribution in [0.3, 0.4) is 0 Å². The zero-order valence-corrected chi connectivity index (χ0v) is 14.5. The zero-order valence-electron chi connectivity index (χ0n) is 14.5. The fraction of sp³-hybridized carbons (Fsp3) is 0.353. The normalized spacial score (nSPS) is 12.5. The van der Waals surface area contributed by atoms with Crippen molar-refractivity contribution in [2.75, 3.05) is 0 Å². The average molecular weight is 341 g/mol. The van der Waals surface area contributed by atoms with Crippen LogP contribution in [0.2, 0.25) is 0 Å². The van der Waals surface area contributed by atoms with E-state index in [4.69, 9.17) is 4.52 Å². The average Bonchev–Trinajstić information content (AvgIpc) is 3.08. The van der Waals surface area contributed by atoms with E-state index in [0.29, 0.717) is 16.9 Å². The van der Waals surface area contributed by atoms with E-state index >= 15 is 0 Å². The van der Waals surface area contributed by atoms with Gasteiger partial charge in [-0.15, -0.1) is 0 Å². The predicted octanol–water partition coefficient (Wildman–Crippen LogP) is 1.93. The van der Waals surface area contributed by atoms with Gasteiger partial charge in [0.15, 0.2) is 11.5 Å². The highest BCUT2D eigenvalue weighted by Crippen LogP contribution is 2.15. The van der Waals surface area contributed by atoms with E-state index < -0.39 is 17.5 Å². The van der Waals surface area contributed by atoms with Crippen molar-refractivity contribution in [2.45, 2.75) is 32.7 Å². The standard InChI is InChI=1S/C17H19N5O3/c1-9(2)14-20-16(25-21-14)10(3)18-15(23)13-17(24)22(4)12-8-6-5-7-11(12)19-13/h5-10H,1-4H3,(H,18,23)/t10-/m1/s1. The maximum Gasteiger partial charge on any atom is 0.282 e. The molecule has 2 aromatic heterocycles. The molecule has 1 atom stereocenters. The number of aromatic nitrogens is 4. The molecule has 2 heterocycles. The number of fused-ring (bicyclic) bond motifs is 1. The summed E-state index contributed by atoms with van der Waals surface area (Å²) in [7, 11) is 1.61. The van der Waals surface area contributed by atoms with E-state index in [1.54, 1.807) is 32.2 Å². The molecule has 0 aliphatic heterocycles. The van der Waals surface area contributed by atoms with Crippen LogP contribution >= 0.6 is 0 Å². The zero-order chi connectivity index (χ0) is 18.1. The quantitative estimate of drug-likeness (QED) is 0.778. The Hall–Kier alpha value is -3.03. The number of benzene rings is 1. The topological polar surface area (TPSA) is 103 Å². The molecule has 25 heavy (non-hydrogen) atoms. The van der Waals surface area contributed by atoms with Crippen LogP contribution in [0, 0.1) is 0 Å². The molecule has 3 aromatic rings. The number of carbonyl (C=O) groups excluding carboxylic acids is 1. The molecule has 0 bridgehead atoms. The lowest BCUT2D eigenvalue weighted by molar-refractivity contribution is 0.0925. The highest BCUT2D eigenvalue weighted by molar-refractivity contribution is 5.94. The Bertz CT molecular complexity index is 989. The maximum absolute atomic E-state index is 12.5. The predicted molar refractivity (Wildman–Crippen MR) is 91.3 cm³/mol. The van der Waals surface area contributed by atoms with Crippen molar-refractivity contribution in [2.24, 2.45) is 7.05 Å². The Morgan fingerprint density at radius 3 is 2.60 bits per heavy atom. The lowest BCUT2D eigenvalue weighted by Crippen LogP contribution is -2.35. The van der Waals surface area contributed by atoms with Crippen molar-refractivity contribution in [3.05, 3.63) is 52.0 Å². The van der Waals surface area contributed by atoms with Gasteiger partial charge in [-0.25, -0.2) is 4.98 Å². The Labute approximate surface area is 143 Å². The molecule has 0 aliphatic carbocycles. The number of amides is 1. The number of carbonyl (C=O) groups is 1. The van der Waals surface area contributed by atoms with E-state index in [1.165, 1.54) is 4.57 Å². The van der Waals surface area contributed by atoms with Gasteiger partial charge < -0.3 is 14.4 Å². The lowest BCUT2D eigenvalue weighted by Gasteiger charge is -2.11. The summed E-state index contributed by atoms with van der Waals surface area (Å²) in [5.74, 6) is 0.392. The second-order valence-corrected chi connectivity index (χ2v) is 6.15. The van der Waals surface area contributed by atoms with Crippen LogP contribution in [0.4, 0.5) is 0 Å².